The molecule has 2 amide bonds. The highest BCUT2D eigenvalue weighted by Gasteiger charge is 2.10. The molecule has 0 atom stereocenters. The van der Waals surface area contributed by atoms with Gasteiger partial charge in [0, 0.05) is 16.9 Å². The Balaban J connectivity index is 1.62. The van der Waals surface area contributed by atoms with Gasteiger partial charge in [0.15, 0.2) is 5.76 Å². The minimum atomic E-state index is -0.334. The number of ether oxygens (including phenoxy) is 1. The lowest BCUT2D eigenvalue weighted by atomic mass is 10.2. The Labute approximate surface area is 150 Å². The predicted molar refractivity (Wildman–Crippen MR) is 98.7 cm³/mol. The maximum Gasteiger partial charge on any atom is 0.291 e. The van der Waals surface area contributed by atoms with Crippen LogP contribution in [0.5, 0.6) is 5.75 Å². The molecule has 1 aromatic heterocycles. The van der Waals surface area contributed by atoms with Gasteiger partial charge in [0.25, 0.3) is 11.8 Å². The molecular formula is C20H18N2O4. The summed E-state index contributed by atoms with van der Waals surface area (Å²) in [5.41, 5.74) is 1.72. The lowest BCUT2D eigenvalue weighted by Crippen LogP contribution is -2.13. The van der Waals surface area contributed by atoms with Gasteiger partial charge in [-0.15, -0.1) is 0 Å². The van der Waals surface area contributed by atoms with E-state index in [2.05, 4.69) is 10.6 Å². The SMILES string of the molecule is CCOc1cccc(C(=O)Nc2ccc(NC(=O)c3ccco3)cc2)c1. The number of hydrogen-bond donors (Lipinski definition) is 2. The Morgan fingerprint density at radius 1 is 0.923 bits per heavy atom. The van der Waals surface area contributed by atoms with Crippen molar-refractivity contribution < 1.29 is 18.7 Å². The van der Waals surface area contributed by atoms with Gasteiger partial charge in [0.1, 0.15) is 5.75 Å². The topological polar surface area (TPSA) is 80.6 Å². The van der Waals surface area contributed by atoms with Crippen LogP contribution in [-0.4, -0.2) is 18.4 Å². The third kappa shape index (κ3) is 4.30. The molecule has 132 valence electrons. The lowest BCUT2D eigenvalue weighted by molar-refractivity contribution is 0.0994. The molecule has 0 aliphatic carbocycles. The Bertz CT molecular complexity index is 886. The summed E-state index contributed by atoms with van der Waals surface area (Å²) in [7, 11) is 0. The van der Waals surface area contributed by atoms with Gasteiger partial charge in [-0.25, -0.2) is 0 Å². The van der Waals surface area contributed by atoms with Gasteiger partial charge >= 0.3 is 0 Å². The summed E-state index contributed by atoms with van der Waals surface area (Å²) < 4.78 is 10.4. The summed E-state index contributed by atoms with van der Waals surface area (Å²) >= 11 is 0. The van der Waals surface area contributed by atoms with Crippen LogP contribution < -0.4 is 15.4 Å². The summed E-state index contributed by atoms with van der Waals surface area (Å²) in [6.45, 7) is 2.43. The molecule has 0 bridgehead atoms. The molecule has 0 radical (unpaired) electrons. The zero-order valence-corrected chi connectivity index (χ0v) is 14.2. The van der Waals surface area contributed by atoms with Crippen LogP contribution in [0.25, 0.3) is 0 Å². The number of rotatable bonds is 6. The molecule has 0 saturated carbocycles. The van der Waals surface area contributed by atoms with Crippen molar-refractivity contribution in [1.29, 1.82) is 0 Å². The van der Waals surface area contributed by atoms with Gasteiger partial charge in [-0.2, -0.15) is 0 Å². The zero-order chi connectivity index (χ0) is 18.4. The number of anilines is 2. The largest absolute Gasteiger partial charge is 0.494 e. The molecule has 6 heteroatoms. The Morgan fingerprint density at radius 2 is 1.62 bits per heavy atom. The van der Waals surface area contributed by atoms with Crippen LogP contribution >= 0.6 is 0 Å². The quantitative estimate of drug-likeness (QED) is 0.699. The molecule has 3 aromatic rings. The number of amides is 2. The van der Waals surface area contributed by atoms with Crippen molar-refractivity contribution in [3.8, 4) is 5.75 Å². The van der Waals surface area contributed by atoms with E-state index in [1.807, 2.05) is 6.92 Å². The van der Waals surface area contributed by atoms with Crippen LogP contribution in [0.3, 0.4) is 0 Å². The van der Waals surface area contributed by atoms with Crippen LogP contribution in [0, 0.1) is 0 Å². The molecule has 2 aromatic carbocycles. The second kappa shape index (κ2) is 8.02. The van der Waals surface area contributed by atoms with Crippen LogP contribution in [0.1, 0.15) is 27.8 Å². The van der Waals surface area contributed by atoms with E-state index in [-0.39, 0.29) is 17.6 Å². The normalized spacial score (nSPS) is 10.2. The molecule has 0 spiro atoms. The molecular weight excluding hydrogens is 332 g/mol. The molecule has 0 fully saturated rings. The molecule has 1 heterocycles. The van der Waals surface area contributed by atoms with Crippen LogP contribution in [-0.2, 0) is 0 Å². The molecule has 0 unspecified atom stereocenters. The predicted octanol–water partition coefficient (Wildman–Crippen LogP) is 4.18. The molecule has 26 heavy (non-hydrogen) atoms. The standard InChI is InChI=1S/C20H18N2O4/c1-2-25-17-6-3-5-14(13-17)19(23)21-15-8-10-16(11-9-15)22-20(24)18-7-4-12-26-18/h3-13H,2H2,1H3,(H,21,23)(H,22,24). The van der Waals surface area contributed by atoms with Gasteiger partial charge in [0.2, 0.25) is 0 Å². The molecule has 3 rings (SSSR count). The number of carbonyl (C=O) groups is 2. The highest BCUT2D eigenvalue weighted by atomic mass is 16.5. The van der Waals surface area contributed by atoms with Crippen molar-refractivity contribution in [2.24, 2.45) is 0 Å². The molecule has 0 saturated heterocycles. The third-order valence-corrected chi connectivity index (χ3v) is 3.55. The highest BCUT2D eigenvalue weighted by Crippen LogP contribution is 2.18. The second-order valence-electron chi connectivity index (χ2n) is 5.42. The van der Waals surface area contributed by atoms with E-state index in [1.54, 1.807) is 60.7 Å². The zero-order valence-electron chi connectivity index (χ0n) is 14.2. The number of carbonyl (C=O) groups excluding carboxylic acids is 2. The number of nitrogens with one attached hydrogen (secondary N) is 2. The molecule has 6 nitrogen and oxygen atoms in total. The smallest absolute Gasteiger partial charge is 0.291 e. The van der Waals surface area contributed by atoms with Crippen molar-refractivity contribution in [3.05, 3.63) is 78.3 Å². The average molecular weight is 350 g/mol. The maximum atomic E-state index is 12.3. The van der Waals surface area contributed by atoms with E-state index in [0.29, 0.717) is 29.3 Å². The maximum absolute atomic E-state index is 12.3. The van der Waals surface area contributed by atoms with Crippen LogP contribution in [0.2, 0.25) is 0 Å². The third-order valence-electron chi connectivity index (χ3n) is 3.55. The van der Waals surface area contributed by atoms with Crippen molar-refractivity contribution in [2.45, 2.75) is 6.92 Å². The van der Waals surface area contributed by atoms with Crippen molar-refractivity contribution in [3.63, 3.8) is 0 Å². The van der Waals surface area contributed by atoms with Gasteiger partial charge in [-0.05, 0) is 61.5 Å². The summed E-state index contributed by atoms with van der Waals surface area (Å²) in [5, 5.41) is 5.53. The first-order chi connectivity index (χ1) is 12.7. The first kappa shape index (κ1) is 17.3. The number of furan rings is 1. The van der Waals surface area contributed by atoms with Crippen LogP contribution in [0.4, 0.5) is 11.4 Å². The summed E-state index contributed by atoms with van der Waals surface area (Å²) in [6.07, 6.45) is 1.44. The fraction of sp³-hybridized carbons (Fsp3) is 0.100. The van der Waals surface area contributed by atoms with Gasteiger partial charge in [-0.3, -0.25) is 9.59 Å². The van der Waals surface area contributed by atoms with E-state index in [1.165, 1.54) is 6.26 Å². The molecule has 0 aliphatic rings. The first-order valence-electron chi connectivity index (χ1n) is 8.15. The first-order valence-corrected chi connectivity index (χ1v) is 8.15. The van der Waals surface area contributed by atoms with E-state index >= 15 is 0 Å². The second-order valence-corrected chi connectivity index (χ2v) is 5.42. The van der Waals surface area contributed by atoms with E-state index in [9.17, 15) is 9.59 Å². The molecule has 0 aliphatic heterocycles. The Hall–Kier alpha value is -3.54. The highest BCUT2D eigenvalue weighted by molar-refractivity contribution is 6.05. The monoisotopic (exact) mass is 350 g/mol. The average Bonchev–Trinajstić information content (AvgIpc) is 3.19. The van der Waals surface area contributed by atoms with E-state index in [4.69, 9.17) is 9.15 Å². The van der Waals surface area contributed by atoms with Crippen molar-refractivity contribution in [1.82, 2.24) is 0 Å². The lowest BCUT2D eigenvalue weighted by Gasteiger charge is -2.09. The Morgan fingerprint density at radius 3 is 2.23 bits per heavy atom. The molecule has 2 N–H and O–H groups in total. The minimum Gasteiger partial charge on any atom is -0.494 e. The fourth-order valence-corrected chi connectivity index (χ4v) is 2.33. The van der Waals surface area contributed by atoms with Crippen molar-refractivity contribution in [2.75, 3.05) is 17.2 Å². The number of hydrogen-bond acceptors (Lipinski definition) is 4. The fourth-order valence-electron chi connectivity index (χ4n) is 2.33. The minimum absolute atomic E-state index is 0.233. The van der Waals surface area contributed by atoms with E-state index in [0.717, 1.165) is 0 Å². The summed E-state index contributed by atoms with van der Waals surface area (Å²) in [5.74, 6) is 0.311. The summed E-state index contributed by atoms with van der Waals surface area (Å²) in [4.78, 5) is 24.3. The van der Waals surface area contributed by atoms with Gasteiger partial charge in [-0.1, -0.05) is 6.07 Å². The van der Waals surface area contributed by atoms with Gasteiger partial charge < -0.3 is 19.8 Å². The van der Waals surface area contributed by atoms with Gasteiger partial charge in [0.05, 0.1) is 12.9 Å². The Kier molecular flexibility index (Phi) is 5.34. The summed E-state index contributed by atoms with van der Waals surface area (Å²) in [6, 6.07) is 17.0. The number of benzene rings is 2. The van der Waals surface area contributed by atoms with E-state index < -0.39 is 0 Å². The van der Waals surface area contributed by atoms with Crippen molar-refractivity contribution >= 4 is 23.2 Å². The van der Waals surface area contributed by atoms with Crippen LogP contribution in [0.15, 0.2) is 71.3 Å².